The molecule has 11 heteroatoms. The van der Waals surface area contributed by atoms with Gasteiger partial charge in [0.25, 0.3) is 0 Å². The first-order valence-electron chi connectivity index (χ1n) is 7.82. The summed E-state index contributed by atoms with van der Waals surface area (Å²) in [5.41, 5.74) is 0. The number of hydrogen-bond acceptors (Lipinski definition) is 3. The predicted molar refractivity (Wildman–Crippen MR) is 93.0 cm³/mol. The molecule has 3 nitrogen and oxygen atoms in total. The Morgan fingerprint density at radius 1 is 0.667 bits per heavy atom. The fraction of sp³-hybridized carbons (Fsp3) is 0.688. The zero-order valence-electron chi connectivity index (χ0n) is 16.2. The molecule has 1 aromatic carbocycles. The normalized spacial score (nSPS) is 11.1. The van der Waals surface area contributed by atoms with Crippen LogP contribution >= 0.6 is 0 Å². The topological polar surface area (TPSA) is 60.7 Å². The second-order valence-corrected chi connectivity index (χ2v) is 12.0. The van der Waals surface area contributed by atoms with Gasteiger partial charge in [0.05, 0.1) is 0 Å². The van der Waals surface area contributed by atoms with Crippen LogP contribution in [0.1, 0.15) is 41.5 Å². The van der Waals surface area contributed by atoms with Gasteiger partial charge in [-0.3, -0.25) is 0 Å². The first-order chi connectivity index (χ1) is 11.4. The van der Waals surface area contributed by atoms with Gasteiger partial charge >= 0.3 is 79.4 Å². The Labute approximate surface area is 180 Å². The number of aliphatic hydroxyl groups excluding tert-OH is 3. The van der Waals surface area contributed by atoms with E-state index in [0.717, 1.165) is 12.1 Å². The molecule has 0 radical (unpaired) electrons. The van der Waals surface area contributed by atoms with Crippen LogP contribution in [-0.4, -0.2) is 58.0 Å². The number of aliphatic hydroxyl groups is 3. The zero-order valence-corrected chi connectivity index (χ0v) is 21.1. The van der Waals surface area contributed by atoms with E-state index < -0.39 is 28.8 Å². The van der Waals surface area contributed by atoms with Crippen LogP contribution in [0.25, 0.3) is 0 Å². The molecule has 0 aliphatic heterocycles. The van der Waals surface area contributed by atoms with Crippen LogP contribution in [0.3, 0.4) is 0 Å². The molecule has 0 amide bonds. The van der Waals surface area contributed by atoms with Gasteiger partial charge in [-0.2, -0.15) is 0 Å². The molecule has 3 N–H and O–H groups in total. The van der Waals surface area contributed by atoms with E-state index in [1.54, 1.807) is 41.5 Å². The monoisotopic (exact) mass is 547 g/mol. The minimum atomic E-state index is -5.46. The van der Waals surface area contributed by atoms with Gasteiger partial charge < -0.3 is 15.3 Å². The molecule has 1 aromatic rings. The molecule has 0 atom stereocenters. The fourth-order valence-corrected chi connectivity index (χ4v) is 4.78. The average Bonchev–Trinajstić information content (AvgIpc) is 2.74. The summed E-state index contributed by atoms with van der Waals surface area (Å²) in [6.07, 6.45) is -0.500. The molecule has 0 spiro atoms. The maximum atomic E-state index is 12.1. The summed E-state index contributed by atoms with van der Waals surface area (Å²) in [6, 6.07) is 4.16. The van der Waals surface area contributed by atoms with Gasteiger partial charge in [0, 0.05) is 44.5 Å². The summed E-state index contributed by atoms with van der Waals surface area (Å²) in [5, 5.41) is 13.9. The minimum Gasteiger partial charge on any atom is 0 e. The molecule has 0 aliphatic carbocycles. The number of halogens is 6. The molecule has 1 rings (SSSR count). The van der Waals surface area contributed by atoms with Gasteiger partial charge in [-0.05, 0) is 41.5 Å². The van der Waals surface area contributed by atoms with Crippen LogP contribution < -0.4 is 4.40 Å². The molecule has 0 fully saturated rings. The third-order valence-corrected chi connectivity index (χ3v) is 6.63. The maximum absolute atomic E-state index is 12.1. The van der Waals surface area contributed by atoms with Crippen molar-refractivity contribution in [3.05, 3.63) is 24.3 Å². The summed E-state index contributed by atoms with van der Waals surface area (Å²) in [7, 11) is 0. The maximum Gasteiger partial charge on any atom is 0 e. The summed E-state index contributed by atoms with van der Waals surface area (Å²) < 4.78 is 72.3. The van der Waals surface area contributed by atoms with E-state index in [0.29, 0.717) is 0 Å². The van der Waals surface area contributed by atoms with E-state index in [-0.39, 0.29) is 44.5 Å². The summed E-state index contributed by atoms with van der Waals surface area (Å²) in [4.78, 5) is 0. The SMILES string of the molecule is CC(C)O.CC(C)O.CC(C)O.F[C](F)(F)[GeH]([c-]1cccc1)[C](F)(F)F.[Zr]. The molecule has 162 valence electrons. The average molecular weight is 547 g/mol. The number of rotatable bonds is 1. The Hall–Kier alpha value is 0.236. The van der Waals surface area contributed by atoms with Gasteiger partial charge in [0.1, 0.15) is 0 Å². The molecular formula is C16H29F6GeO3Zr-. The molecule has 0 saturated carbocycles. The zero-order chi connectivity index (χ0) is 21.7. The third-order valence-electron chi connectivity index (χ3n) is 1.68. The van der Waals surface area contributed by atoms with Crippen LogP contribution in [-0.2, 0) is 26.2 Å². The van der Waals surface area contributed by atoms with E-state index in [9.17, 15) is 26.3 Å². The fourth-order valence-electron chi connectivity index (χ4n) is 1.14. The quantitative estimate of drug-likeness (QED) is 0.288. The molecule has 0 aromatic heterocycles. The summed E-state index contributed by atoms with van der Waals surface area (Å²) in [5.74, 6) is 0. The van der Waals surface area contributed by atoms with E-state index in [2.05, 4.69) is 0 Å². The molecule has 27 heavy (non-hydrogen) atoms. The Kier molecular flexibility index (Phi) is 22.0. The Morgan fingerprint density at radius 3 is 1.00 bits per heavy atom. The Morgan fingerprint density at radius 2 is 0.852 bits per heavy atom. The van der Waals surface area contributed by atoms with Crippen LogP contribution in [0.2, 0.25) is 0 Å². The van der Waals surface area contributed by atoms with Crippen molar-refractivity contribution >= 4 is 18.7 Å². The molecule has 0 saturated heterocycles. The van der Waals surface area contributed by atoms with Crippen molar-refractivity contribution in [3.63, 3.8) is 0 Å². The molecule has 0 heterocycles. The van der Waals surface area contributed by atoms with Crippen LogP contribution in [0.4, 0.5) is 26.3 Å². The van der Waals surface area contributed by atoms with Gasteiger partial charge in [-0.15, -0.1) is 0 Å². The van der Waals surface area contributed by atoms with Gasteiger partial charge in [-0.25, -0.2) is 0 Å². The third kappa shape index (κ3) is 28.5. The van der Waals surface area contributed by atoms with Crippen molar-refractivity contribution < 1.29 is 67.9 Å². The van der Waals surface area contributed by atoms with E-state index >= 15 is 0 Å². The Bertz CT molecular complexity index is 384. The van der Waals surface area contributed by atoms with Crippen molar-refractivity contribution in [1.29, 1.82) is 0 Å². The van der Waals surface area contributed by atoms with E-state index in [1.165, 1.54) is 12.1 Å². The minimum absolute atomic E-state index is 0. The van der Waals surface area contributed by atoms with Crippen LogP contribution in [0.15, 0.2) is 24.3 Å². The molecule has 0 aliphatic rings. The van der Waals surface area contributed by atoms with Crippen molar-refractivity contribution in [2.75, 3.05) is 0 Å². The van der Waals surface area contributed by atoms with Crippen molar-refractivity contribution in [2.24, 2.45) is 0 Å². The van der Waals surface area contributed by atoms with Crippen LogP contribution in [0, 0.1) is 0 Å². The number of hydrogen-bond donors (Lipinski definition) is 3. The van der Waals surface area contributed by atoms with Gasteiger partial charge in [-0.1, -0.05) is 0 Å². The van der Waals surface area contributed by atoms with Crippen LogP contribution in [0.5, 0.6) is 0 Å². The van der Waals surface area contributed by atoms with E-state index in [4.69, 9.17) is 15.3 Å². The first kappa shape index (κ1) is 34.7. The van der Waals surface area contributed by atoms with Gasteiger partial charge in [0.2, 0.25) is 0 Å². The van der Waals surface area contributed by atoms with Gasteiger partial charge in [0.15, 0.2) is 0 Å². The molecule has 0 bridgehead atoms. The second kappa shape index (κ2) is 17.1. The van der Waals surface area contributed by atoms with Crippen molar-refractivity contribution in [2.45, 2.75) is 69.9 Å². The molecular weight excluding hydrogens is 518 g/mol. The van der Waals surface area contributed by atoms with E-state index in [1.807, 2.05) is 0 Å². The second-order valence-electron chi connectivity index (χ2n) is 6.02. The first-order valence-corrected chi connectivity index (χ1v) is 11.4. The molecule has 0 unspecified atom stereocenters. The largest absolute Gasteiger partial charge is 0 e. The smallest absolute Gasteiger partial charge is 0 e. The number of alkyl halides is 6. The Balaban J connectivity index is -0.000000169. The summed E-state index contributed by atoms with van der Waals surface area (Å²) in [6.45, 7) is 10.3. The predicted octanol–water partition coefficient (Wildman–Crippen LogP) is 3.20. The summed E-state index contributed by atoms with van der Waals surface area (Å²) >= 11 is -5.46. The standard InChI is InChI=1S/C7H5F6Ge.3C3H8O.Zr/c8-6(9,10)14(7(11,12)13)5-3-1-2-4-5;3*1-3(2)4;/h1-4,14H;3*3-4H,1-2H3;/q-1;;;;. The van der Waals surface area contributed by atoms with Crippen molar-refractivity contribution in [1.82, 2.24) is 0 Å². The van der Waals surface area contributed by atoms with Crippen molar-refractivity contribution in [3.8, 4) is 0 Å².